The van der Waals surface area contributed by atoms with Crippen LogP contribution in [-0.2, 0) is 16.1 Å². The first kappa shape index (κ1) is 26.6. The lowest BCUT2D eigenvalue weighted by molar-refractivity contribution is -0.142. The lowest BCUT2D eigenvalue weighted by Gasteiger charge is -2.30. The summed E-state index contributed by atoms with van der Waals surface area (Å²) in [7, 11) is 3.05. The molecule has 0 saturated heterocycles. The monoisotopic (exact) mass is 496 g/mol. The first-order valence-electron chi connectivity index (χ1n) is 10.6. The zero-order chi connectivity index (χ0) is 24.5. The van der Waals surface area contributed by atoms with Gasteiger partial charge in [-0.2, -0.15) is 0 Å². The number of benzene rings is 2. The van der Waals surface area contributed by atoms with Crippen molar-refractivity contribution in [3.8, 4) is 17.2 Å². The van der Waals surface area contributed by atoms with Crippen LogP contribution in [0.15, 0.2) is 36.4 Å². The van der Waals surface area contributed by atoms with Gasteiger partial charge in [0.2, 0.25) is 5.91 Å². The number of methoxy groups -OCH3 is 2. The summed E-state index contributed by atoms with van der Waals surface area (Å²) in [6.07, 6.45) is 0.767. The van der Waals surface area contributed by atoms with Crippen LogP contribution in [0, 0.1) is 0 Å². The van der Waals surface area contributed by atoms with E-state index in [-0.39, 0.29) is 25.1 Å². The van der Waals surface area contributed by atoms with Gasteiger partial charge in [0.25, 0.3) is 5.91 Å². The van der Waals surface area contributed by atoms with E-state index in [1.54, 1.807) is 43.3 Å². The molecule has 0 heterocycles. The third-order valence-electron chi connectivity index (χ3n) is 5.25. The molecule has 33 heavy (non-hydrogen) atoms. The first-order chi connectivity index (χ1) is 15.7. The van der Waals surface area contributed by atoms with E-state index < -0.39 is 11.9 Å². The number of nitrogens with one attached hydrogen (secondary N) is 1. The fraction of sp³-hybridized carbons (Fsp3) is 0.417. The maximum absolute atomic E-state index is 13.2. The molecule has 0 aromatic heterocycles. The largest absolute Gasteiger partial charge is 0.496 e. The Bertz CT molecular complexity index is 927. The van der Waals surface area contributed by atoms with Crippen molar-refractivity contribution in [3.63, 3.8) is 0 Å². The number of hydrogen-bond acceptors (Lipinski definition) is 5. The molecule has 2 aromatic rings. The highest BCUT2D eigenvalue weighted by Gasteiger charge is 2.28. The third kappa shape index (κ3) is 7.44. The number of ether oxygens (including phenoxy) is 3. The van der Waals surface area contributed by atoms with Crippen molar-refractivity contribution >= 4 is 35.0 Å². The van der Waals surface area contributed by atoms with Gasteiger partial charge in [-0.25, -0.2) is 0 Å². The average Bonchev–Trinajstić information content (AvgIpc) is 2.81. The molecule has 0 aliphatic heterocycles. The Labute approximate surface area is 204 Å². The summed E-state index contributed by atoms with van der Waals surface area (Å²) in [5.41, 5.74) is 0.556. The van der Waals surface area contributed by atoms with Crippen LogP contribution in [0.5, 0.6) is 17.2 Å². The fourth-order valence-electron chi connectivity index (χ4n) is 2.99. The van der Waals surface area contributed by atoms with Gasteiger partial charge in [0.1, 0.15) is 23.3 Å². The molecular formula is C24H30Cl2N2O5. The van der Waals surface area contributed by atoms with Crippen LogP contribution >= 0.6 is 23.2 Å². The zero-order valence-electron chi connectivity index (χ0n) is 19.5. The molecule has 2 amide bonds. The topological polar surface area (TPSA) is 77.1 Å². The molecule has 2 aromatic carbocycles. The van der Waals surface area contributed by atoms with Crippen LogP contribution in [0.25, 0.3) is 0 Å². The predicted octanol–water partition coefficient (Wildman–Crippen LogP) is 4.72. The van der Waals surface area contributed by atoms with E-state index in [9.17, 15) is 9.59 Å². The molecule has 0 aliphatic carbocycles. The molecule has 0 radical (unpaired) electrons. The Balaban J connectivity index is 2.26. The lowest BCUT2D eigenvalue weighted by Crippen LogP contribution is -2.50. The minimum atomic E-state index is -0.776. The van der Waals surface area contributed by atoms with Gasteiger partial charge in [0, 0.05) is 46.4 Å². The molecule has 7 nitrogen and oxygen atoms in total. The molecule has 0 saturated carbocycles. The molecule has 9 heteroatoms. The zero-order valence-corrected chi connectivity index (χ0v) is 21.0. The van der Waals surface area contributed by atoms with Crippen molar-refractivity contribution in [1.29, 1.82) is 0 Å². The van der Waals surface area contributed by atoms with E-state index in [1.807, 2.05) is 13.8 Å². The van der Waals surface area contributed by atoms with E-state index in [1.165, 1.54) is 19.1 Å². The van der Waals surface area contributed by atoms with Gasteiger partial charge in [0.05, 0.1) is 14.2 Å². The van der Waals surface area contributed by atoms with Crippen LogP contribution in [-0.4, -0.2) is 49.6 Å². The van der Waals surface area contributed by atoms with Crippen molar-refractivity contribution in [2.24, 2.45) is 0 Å². The lowest BCUT2D eigenvalue weighted by atomic mass is 10.1. The Morgan fingerprint density at radius 1 is 1.00 bits per heavy atom. The van der Waals surface area contributed by atoms with Crippen molar-refractivity contribution in [1.82, 2.24) is 10.2 Å². The summed E-state index contributed by atoms with van der Waals surface area (Å²) >= 11 is 12.7. The van der Waals surface area contributed by atoms with Gasteiger partial charge in [-0.1, -0.05) is 36.2 Å². The SMILES string of the molecule is CC[C@H](C)NC(=O)[C@@H](C)N(Cc1c(Cl)cccc1Cl)C(=O)COc1cc(OC)cc(OC)c1. The Hall–Kier alpha value is -2.64. The fourth-order valence-corrected chi connectivity index (χ4v) is 3.51. The van der Waals surface area contributed by atoms with E-state index >= 15 is 0 Å². The number of carbonyl (C=O) groups is 2. The van der Waals surface area contributed by atoms with Gasteiger partial charge in [-0.15, -0.1) is 0 Å². The number of nitrogens with zero attached hydrogens (tertiary/aromatic N) is 1. The molecule has 0 spiro atoms. The number of amides is 2. The summed E-state index contributed by atoms with van der Waals surface area (Å²) in [5.74, 6) is 0.770. The highest BCUT2D eigenvalue weighted by atomic mass is 35.5. The minimum Gasteiger partial charge on any atom is -0.496 e. The molecule has 0 fully saturated rings. The molecular weight excluding hydrogens is 467 g/mol. The Morgan fingerprint density at radius 3 is 2.06 bits per heavy atom. The smallest absolute Gasteiger partial charge is 0.261 e. The predicted molar refractivity (Wildman–Crippen MR) is 129 cm³/mol. The summed E-state index contributed by atoms with van der Waals surface area (Å²) in [6.45, 7) is 5.28. The summed E-state index contributed by atoms with van der Waals surface area (Å²) in [4.78, 5) is 27.4. The normalized spacial score (nSPS) is 12.5. The van der Waals surface area contributed by atoms with E-state index in [0.29, 0.717) is 32.9 Å². The van der Waals surface area contributed by atoms with Gasteiger partial charge >= 0.3 is 0 Å². The maximum atomic E-state index is 13.2. The molecule has 2 atom stereocenters. The van der Waals surface area contributed by atoms with Crippen molar-refractivity contribution in [2.75, 3.05) is 20.8 Å². The van der Waals surface area contributed by atoms with E-state index in [2.05, 4.69) is 5.32 Å². The van der Waals surface area contributed by atoms with Crippen LogP contribution in [0.1, 0.15) is 32.8 Å². The molecule has 1 N–H and O–H groups in total. The number of hydrogen-bond donors (Lipinski definition) is 1. The van der Waals surface area contributed by atoms with E-state index in [0.717, 1.165) is 6.42 Å². The van der Waals surface area contributed by atoms with Gasteiger partial charge in [-0.05, 0) is 32.4 Å². The third-order valence-corrected chi connectivity index (χ3v) is 5.95. The quantitative estimate of drug-likeness (QED) is 0.486. The second kappa shape index (κ2) is 12.6. The molecule has 2 rings (SSSR count). The number of carbonyl (C=O) groups excluding carboxylic acids is 2. The summed E-state index contributed by atoms with van der Waals surface area (Å²) in [5, 5.41) is 3.73. The maximum Gasteiger partial charge on any atom is 0.261 e. The number of halogens is 2. The molecule has 0 bridgehead atoms. The number of rotatable bonds is 11. The molecule has 0 aliphatic rings. The standard InChI is InChI=1S/C24H30Cl2N2O5/c1-6-15(2)27-24(30)16(3)28(13-20-21(25)8-7-9-22(20)26)23(29)14-33-19-11-17(31-4)10-18(12-19)32-5/h7-12,15-16H,6,13-14H2,1-5H3,(H,27,30)/t15-,16+/m0/s1. The van der Waals surface area contributed by atoms with Crippen molar-refractivity contribution in [3.05, 3.63) is 52.0 Å². The van der Waals surface area contributed by atoms with Crippen LogP contribution in [0.2, 0.25) is 10.0 Å². The second-order valence-corrected chi connectivity index (χ2v) is 8.37. The van der Waals surface area contributed by atoms with E-state index in [4.69, 9.17) is 37.4 Å². The van der Waals surface area contributed by atoms with Crippen molar-refractivity contribution in [2.45, 2.75) is 45.8 Å². The van der Waals surface area contributed by atoms with Crippen LogP contribution in [0.4, 0.5) is 0 Å². The van der Waals surface area contributed by atoms with Crippen LogP contribution in [0.3, 0.4) is 0 Å². The second-order valence-electron chi connectivity index (χ2n) is 7.55. The Kier molecular flexibility index (Phi) is 10.1. The average molecular weight is 497 g/mol. The van der Waals surface area contributed by atoms with Gasteiger partial charge in [-0.3, -0.25) is 9.59 Å². The van der Waals surface area contributed by atoms with Crippen molar-refractivity contribution < 1.29 is 23.8 Å². The van der Waals surface area contributed by atoms with Gasteiger partial charge in [0.15, 0.2) is 6.61 Å². The molecule has 0 unspecified atom stereocenters. The highest BCUT2D eigenvalue weighted by molar-refractivity contribution is 6.36. The summed E-state index contributed by atoms with van der Waals surface area (Å²) < 4.78 is 16.2. The van der Waals surface area contributed by atoms with Crippen LogP contribution < -0.4 is 19.5 Å². The Morgan fingerprint density at radius 2 is 1.55 bits per heavy atom. The summed E-state index contributed by atoms with van der Waals surface area (Å²) in [6, 6.07) is 9.28. The highest BCUT2D eigenvalue weighted by Crippen LogP contribution is 2.28. The first-order valence-corrected chi connectivity index (χ1v) is 11.3. The van der Waals surface area contributed by atoms with Gasteiger partial charge < -0.3 is 24.4 Å². The molecule has 180 valence electrons. The minimum absolute atomic E-state index is 0.0266.